The predicted octanol–water partition coefficient (Wildman–Crippen LogP) is 2.30. The molecule has 1 aromatic carbocycles. The third-order valence-electron chi connectivity index (χ3n) is 6.55. The smallest absolute Gasteiger partial charge is 0.244 e. The molecule has 2 amide bonds. The molecule has 0 spiro atoms. The summed E-state index contributed by atoms with van der Waals surface area (Å²) in [5.74, 6) is 0.604. The molecule has 178 valence electrons. The van der Waals surface area contributed by atoms with Gasteiger partial charge >= 0.3 is 0 Å². The zero-order valence-electron chi connectivity index (χ0n) is 19.0. The van der Waals surface area contributed by atoms with Gasteiger partial charge in [0.1, 0.15) is 11.8 Å². The van der Waals surface area contributed by atoms with E-state index in [1.54, 1.807) is 19.1 Å². The van der Waals surface area contributed by atoms with E-state index in [4.69, 9.17) is 4.74 Å². The molecule has 1 saturated carbocycles. The van der Waals surface area contributed by atoms with Gasteiger partial charge in [0.05, 0.1) is 12.0 Å². The molecule has 2 N–H and O–H groups in total. The van der Waals surface area contributed by atoms with Gasteiger partial charge in [-0.1, -0.05) is 0 Å². The number of hydrogen-bond acceptors (Lipinski definition) is 5. The van der Waals surface area contributed by atoms with Crippen molar-refractivity contribution >= 4 is 21.8 Å². The molecule has 0 unspecified atom stereocenters. The van der Waals surface area contributed by atoms with Crippen LogP contribution in [-0.2, 0) is 19.6 Å². The Morgan fingerprint density at radius 3 is 2.28 bits per heavy atom. The summed E-state index contributed by atoms with van der Waals surface area (Å²) in [6.45, 7) is 3.66. The molecule has 9 heteroatoms. The Morgan fingerprint density at radius 2 is 1.69 bits per heavy atom. The largest absolute Gasteiger partial charge is 0.497 e. The van der Waals surface area contributed by atoms with Crippen LogP contribution < -0.4 is 14.8 Å². The van der Waals surface area contributed by atoms with Gasteiger partial charge in [-0.05, 0) is 82.1 Å². The zero-order valence-corrected chi connectivity index (χ0v) is 19.8. The number of benzene rings is 1. The number of carbonyl (C=O) groups is 2. The van der Waals surface area contributed by atoms with Crippen LogP contribution in [-0.4, -0.2) is 57.9 Å². The molecular formula is C23H35N3O5S. The Labute approximate surface area is 191 Å². The van der Waals surface area contributed by atoms with Crippen molar-refractivity contribution in [1.29, 1.82) is 0 Å². The summed E-state index contributed by atoms with van der Waals surface area (Å²) in [7, 11) is -2.04. The van der Waals surface area contributed by atoms with E-state index < -0.39 is 16.1 Å². The topological polar surface area (TPSA) is 105 Å². The Bertz CT molecular complexity index is 873. The maximum Gasteiger partial charge on any atom is 0.244 e. The average Bonchev–Trinajstić information content (AvgIpc) is 2.83. The van der Waals surface area contributed by atoms with E-state index in [9.17, 15) is 18.0 Å². The minimum atomic E-state index is -3.58. The highest BCUT2D eigenvalue weighted by molar-refractivity contribution is 7.89. The number of amides is 2. The lowest BCUT2D eigenvalue weighted by Gasteiger charge is -2.31. The first kappa shape index (κ1) is 24.5. The van der Waals surface area contributed by atoms with Gasteiger partial charge in [0.15, 0.2) is 0 Å². The van der Waals surface area contributed by atoms with E-state index in [0.29, 0.717) is 25.1 Å². The third kappa shape index (κ3) is 6.45. The van der Waals surface area contributed by atoms with Crippen LogP contribution in [0.2, 0.25) is 0 Å². The predicted molar refractivity (Wildman–Crippen MR) is 122 cm³/mol. The first-order valence-electron chi connectivity index (χ1n) is 11.5. The molecule has 1 aliphatic carbocycles. The molecule has 2 fully saturated rings. The monoisotopic (exact) mass is 465 g/mol. The molecule has 1 aromatic rings. The van der Waals surface area contributed by atoms with Crippen LogP contribution in [0.25, 0.3) is 0 Å². The van der Waals surface area contributed by atoms with Crippen molar-refractivity contribution in [3.05, 3.63) is 24.3 Å². The van der Waals surface area contributed by atoms with Crippen molar-refractivity contribution in [2.24, 2.45) is 11.8 Å². The summed E-state index contributed by atoms with van der Waals surface area (Å²) in [5.41, 5.74) is 0. The van der Waals surface area contributed by atoms with Gasteiger partial charge in [-0.2, -0.15) is 0 Å². The minimum absolute atomic E-state index is 0.000301. The number of carbonyl (C=O) groups excluding carboxylic acids is 2. The van der Waals surface area contributed by atoms with E-state index in [1.807, 2.05) is 4.90 Å². The normalized spacial score (nSPS) is 22.8. The minimum Gasteiger partial charge on any atom is -0.497 e. The Hall–Kier alpha value is -2.13. The molecular weight excluding hydrogens is 430 g/mol. The highest BCUT2D eigenvalue weighted by Crippen LogP contribution is 2.29. The van der Waals surface area contributed by atoms with Crippen LogP contribution >= 0.6 is 0 Å². The second-order valence-corrected chi connectivity index (χ2v) is 10.6. The van der Waals surface area contributed by atoms with Gasteiger partial charge in [0.25, 0.3) is 0 Å². The number of nitrogens with zero attached hydrogens (tertiary/aromatic N) is 1. The fraction of sp³-hybridized carbons (Fsp3) is 0.652. The Kier molecular flexibility index (Phi) is 8.53. The molecule has 1 atom stereocenters. The second kappa shape index (κ2) is 11.1. The third-order valence-corrected chi connectivity index (χ3v) is 7.99. The molecule has 0 radical (unpaired) electrons. The number of sulfonamides is 1. The van der Waals surface area contributed by atoms with Crippen molar-refractivity contribution in [1.82, 2.24) is 14.9 Å². The number of rotatable bonds is 8. The lowest BCUT2D eigenvalue weighted by molar-refractivity contribution is -0.138. The zero-order chi connectivity index (χ0) is 23.1. The van der Waals surface area contributed by atoms with Gasteiger partial charge in [-0.25, -0.2) is 13.1 Å². The Morgan fingerprint density at radius 1 is 1.06 bits per heavy atom. The van der Waals surface area contributed by atoms with Crippen molar-refractivity contribution in [3.8, 4) is 5.75 Å². The number of nitrogens with one attached hydrogen (secondary N) is 2. The summed E-state index contributed by atoms with van der Waals surface area (Å²) in [5, 5.41) is 2.90. The average molecular weight is 466 g/mol. The quantitative estimate of drug-likeness (QED) is 0.613. The van der Waals surface area contributed by atoms with Gasteiger partial charge in [0, 0.05) is 25.6 Å². The maximum atomic E-state index is 12.7. The van der Waals surface area contributed by atoms with Crippen molar-refractivity contribution in [2.75, 3.05) is 26.7 Å². The highest BCUT2D eigenvalue weighted by Gasteiger charge is 2.30. The lowest BCUT2D eigenvalue weighted by Crippen LogP contribution is -2.50. The molecule has 0 aromatic heterocycles. The van der Waals surface area contributed by atoms with Crippen molar-refractivity contribution in [2.45, 2.75) is 62.8 Å². The number of likely N-dealkylation sites (tertiary alicyclic amines) is 1. The van der Waals surface area contributed by atoms with E-state index in [1.165, 1.54) is 19.2 Å². The van der Waals surface area contributed by atoms with E-state index in [0.717, 1.165) is 45.2 Å². The first-order chi connectivity index (χ1) is 15.3. The van der Waals surface area contributed by atoms with Gasteiger partial charge in [-0.3, -0.25) is 9.59 Å². The number of methoxy groups -OCH3 is 1. The van der Waals surface area contributed by atoms with Crippen LogP contribution in [0.4, 0.5) is 0 Å². The van der Waals surface area contributed by atoms with Crippen LogP contribution in [0.15, 0.2) is 29.2 Å². The molecule has 1 aliphatic heterocycles. The van der Waals surface area contributed by atoms with Gasteiger partial charge < -0.3 is 15.0 Å². The summed E-state index contributed by atoms with van der Waals surface area (Å²) >= 11 is 0. The van der Waals surface area contributed by atoms with Crippen LogP contribution in [0.5, 0.6) is 5.75 Å². The SMILES string of the molecule is COc1ccc(S(=O)(=O)NCC2CCC(C(=O)N[C@H](C)C(=O)N3CCCCC3)CC2)cc1. The lowest BCUT2D eigenvalue weighted by atomic mass is 9.81. The number of piperidine rings is 1. The summed E-state index contributed by atoms with van der Waals surface area (Å²) < 4.78 is 32.8. The number of ether oxygens (including phenoxy) is 1. The van der Waals surface area contributed by atoms with Gasteiger partial charge in [-0.15, -0.1) is 0 Å². The van der Waals surface area contributed by atoms with Crippen LogP contribution in [0.1, 0.15) is 51.9 Å². The number of hydrogen-bond donors (Lipinski definition) is 2. The van der Waals surface area contributed by atoms with Crippen LogP contribution in [0.3, 0.4) is 0 Å². The van der Waals surface area contributed by atoms with Crippen molar-refractivity contribution in [3.63, 3.8) is 0 Å². The first-order valence-corrected chi connectivity index (χ1v) is 13.0. The molecule has 3 rings (SSSR count). The maximum absolute atomic E-state index is 12.7. The molecule has 1 heterocycles. The fourth-order valence-corrected chi connectivity index (χ4v) is 5.59. The molecule has 2 aliphatic rings. The standard InChI is InChI=1S/C23H35N3O5S/c1-17(23(28)26-14-4-3-5-15-26)25-22(27)19-8-6-18(7-9-19)16-24-32(29,30)21-12-10-20(31-2)11-13-21/h10-13,17-19,24H,3-9,14-16H2,1-2H3,(H,25,27)/t17-,18?,19?/m1/s1. The second-order valence-electron chi connectivity index (χ2n) is 8.86. The highest BCUT2D eigenvalue weighted by atomic mass is 32.2. The van der Waals surface area contributed by atoms with E-state index in [-0.39, 0.29) is 28.5 Å². The molecule has 32 heavy (non-hydrogen) atoms. The van der Waals surface area contributed by atoms with Gasteiger partial charge in [0.2, 0.25) is 21.8 Å². The summed E-state index contributed by atoms with van der Waals surface area (Å²) in [6, 6.07) is 5.78. The van der Waals surface area contributed by atoms with E-state index >= 15 is 0 Å². The fourth-order valence-electron chi connectivity index (χ4n) is 4.48. The van der Waals surface area contributed by atoms with Crippen molar-refractivity contribution < 1.29 is 22.7 Å². The summed E-state index contributed by atoms with van der Waals surface area (Å²) in [6.07, 6.45) is 6.16. The van der Waals surface area contributed by atoms with Crippen LogP contribution in [0, 0.1) is 11.8 Å². The molecule has 0 bridgehead atoms. The molecule has 8 nitrogen and oxygen atoms in total. The Balaban J connectivity index is 1.42. The summed E-state index contributed by atoms with van der Waals surface area (Å²) in [4.78, 5) is 27.2. The van der Waals surface area contributed by atoms with E-state index in [2.05, 4.69) is 10.0 Å². The molecule has 1 saturated heterocycles.